The van der Waals surface area contributed by atoms with E-state index >= 15 is 0 Å². The molecule has 1 saturated heterocycles. The monoisotopic (exact) mass is 325 g/mol. The Hall–Kier alpha value is -2.04. The van der Waals surface area contributed by atoms with Crippen LogP contribution in [0.4, 0.5) is 5.69 Å². The van der Waals surface area contributed by atoms with Crippen molar-refractivity contribution in [2.45, 2.75) is 13.1 Å². The number of hydrogen-bond donors (Lipinski definition) is 1. The van der Waals surface area contributed by atoms with E-state index in [-0.39, 0.29) is 0 Å². The van der Waals surface area contributed by atoms with Gasteiger partial charge in [0.2, 0.25) is 0 Å². The molecular weight excluding hydrogens is 298 g/mol. The molecular formula is C20H27N3O. The number of methoxy groups -OCH3 is 1. The predicted molar refractivity (Wildman–Crippen MR) is 99.7 cm³/mol. The molecule has 3 rings (SSSR count). The van der Waals surface area contributed by atoms with Crippen molar-refractivity contribution in [2.75, 3.05) is 45.2 Å². The molecule has 0 amide bonds. The first-order valence-electron chi connectivity index (χ1n) is 8.61. The fourth-order valence-electron chi connectivity index (χ4n) is 3.02. The van der Waals surface area contributed by atoms with Gasteiger partial charge in [0.15, 0.2) is 0 Å². The van der Waals surface area contributed by atoms with Crippen molar-refractivity contribution in [3.05, 3.63) is 59.7 Å². The minimum Gasteiger partial charge on any atom is -0.497 e. The van der Waals surface area contributed by atoms with Gasteiger partial charge < -0.3 is 19.9 Å². The summed E-state index contributed by atoms with van der Waals surface area (Å²) in [4.78, 5) is 4.85. The summed E-state index contributed by atoms with van der Waals surface area (Å²) in [5, 5.41) is 3.50. The third-order valence-electron chi connectivity index (χ3n) is 4.60. The first-order valence-corrected chi connectivity index (χ1v) is 8.61. The summed E-state index contributed by atoms with van der Waals surface area (Å²) in [6, 6.07) is 17.1. The molecule has 4 nitrogen and oxygen atoms in total. The summed E-state index contributed by atoms with van der Waals surface area (Å²) in [5.41, 5.74) is 3.89. The zero-order valence-electron chi connectivity index (χ0n) is 14.7. The standard InChI is InChI=1S/C20H27N3O/c1-22-10-12-23(13-11-22)19-8-6-17(7-9-19)15-21-16-18-4-3-5-20(14-18)24-2/h3-9,14,21H,10-13,15-16H2,1-2H3. The fourth-order valence-corrected chi connectivity index (χ4v) is 3.02. The van der Waals surface area contributed by atoms with Gasteiger partial charge in [-0.05, 0) is 42.4 Å². The van der Waals surface area contributed by atoms with E-state index in [2.05, 4.69) is 58.6 Å². The largest absolute Gasteiger partial charge is 0.497 e. The van der Waals surface area contributed by atoms with Crippen molar-refractivity contribution in [1.29, 1.82) is 0 Å². The fraction of sp³-hybridized carbons (Fsp3) is 0.400. The number of nitrogens with one attached hydrogen (secondary N) is 1. The first-order chi connectivity index (χ1) is 11.7. The molecule has 1 aliphatic rings. The summed E-state index contributed by atoms with van der Waals surface area (Å²) >= 11 is 0. The Kier molecular flexibility index (Phi) is 5.72. The number of hydrogen-bond acceptors (Lipinski definition) is 4. The van der Waals surface area contributed by atoms with Gasteiger partial charge in [-0.1, -0.05) is 24.3 Å². The number of piperazine rings is 1. The Morgan fingerprint density at radius 2 is 1.62 bits per heavy atom. The van der Waals surface area contributed by atoms with Crippen LogP contribution in [0.2, 0.25) is 0 Å². The van der Waals surface area contributed by atoms with Gasteiger partial charge in [0.05, 0.1) is 7.11 Å². The van der Waals surface area contributed by atoms with E-state index in [0.717, 1.165) is 45.0 Å². The van der Waals surface area contributed by atoms with Crippen LogP contribution in [0.15, 0.2) is 48.5 Å². The predicted octanol–water partition coefficient (Wildman–Crippen LogP) is 2.74. The molecule has 0 aromatic heterocycles. The minimum absolute atomic E-state index is 0.845. The van der Waals surface area contributed by atoms with E-state index in [1.807, 2.05) is 12.1 Å². The van der Waals surface area contributed by atoms with Crippen LogP contribution in [-0.2, 0) is 13.1 Å². The summed E-state index contributed by atoms with van der Waals surface area (Å²) in [7, 11) is 3.89. The maximum Gasteiger partial charge on any atom is 0.119 e. The SMILES string of the molecule is COc1cccc(CNCc2ccc(N3CCN(C)CC3)cc2)c1. The molecule has 1 fully saturated rings. The molecule has 0 spiro atoms. The van der Waals surface area contributed by atoms with Gasteiger partial charge in [0.25, 0.3) is 0 Å². The van der Waals surface area contributed by atoms with Crippen molar-refractivity contribution in [3.8, 4) is 5.75 Å². The molecule has 0 radical (unpaired) electrons. The van der Waals surface area contributed by atoms with Crippen LogP contribution in [0.3, 0.4) is 0 Å². The second-order valence-electron chi connectivity index (χ2n) is 6.41. The molecule has 0 bridgehead atoms. The van der Waals surface area contributed by atoms with Crippen LogP contribution >= 0.6 is 0 Å². The third kappa shape index (κ3) is 4.49. The second-order valence-corrected chi connectivity index (χ2v) is 6.41. The summed E-state index contributed by atoms with van der Waals surface area (Å²) in [6.07, 6.45) is 0. The molecule has 1 heterocycles. The second kappa shape index (κ2) is 8.18. The van der Waals surface area contributed by atoms with E-state index in [9.17, 15) is 0 Å². The number of benzene rings is 2. The van der Waals surface area contributed by atoms with Crippen molar-refractivity contribution in [3.63, 3.8) is 0 Å². The van der Waals surface area contributed by atoms with Gasteiger partial charge in [-0.3, -0.25) is 0 Å². The smallest absolute Gasteiger partial charge is 0.119 e. The topological polar surface area (TPSA) is 27.7 Å². The molecule has 1 N–H and O–H groups in total. The van der Waals surface area contributed by atoms with Crippen LogP contribution in [0.1, 0.15) is 11.1 Å². The van der Waals surface area contributed by atoms with Crippen molar-refractivity contribution < 1.29 is 4.74 Å². The zero-order valence-corrected chi connectivity index (χ0v) is 14.7. The van der Waals surface area contributed by atoms with Gasteiger partial charge >= 0.3 is 0 Å². The van der Waals surface area contributed by atoms with Crippen LogP contribution in [0.25, 0.3) is 0 Å². The highest BCUT2D eigenvalue weighted by atomic mass is 16.5. The van der Waals surface area contributed by atoms with E-state index in [4.69, 9.17) is 4.74 Å². The maximum absolute atomic E-state index is 5.26. The third-order valence-corrected chi connectivity index (χ3v) is 4.60. The van der Waals surface area contributed by atoms with Gasteiger partial charge in [0, 0.05) is 45.0 Å². The number of ether oxygens (including phenoxy) is 1. The number of nitrogens with zero attached hydrogens (tertiary/aromatic N) is 2. The Labute approximate surface area is 145 Å². The lowest BCUT2D eigenvalue weighted by atomic mass is 10.1. The lowest BCUT2D eigenvalue weighted by Crippen LogP contribution is -2.44. The lowest BCUT2D eigenvalue weighted by molar-refractivity contribution is 0.313. The highest BCUT2D eigenvalue weighted by Gasteiger charge is 2.13. The van der Waals surface area contributed by atoms with Gasteiger partial charge in [0.1, 0.15) is 5.75 Å². The Bertz CT molecular complexity index is 634. The molecule has 2 aromatic carbocycles. The quantitative estimate of drug-likeness (QED) is 0.884. The van der Waals surface area contributed by atoms with Crippen molar-refractivity contribution in [2.24, 2.45) is 0 Å². The maximum atomic E-state index is 5.26. The summed E-state index contributed by atoms with van der Waals surface area (Å²) in [6.45, 7) is 6.24. The van der Waals surface area contributed by atoms with Crippen LogP contribution in [-0.4, -0.2) is 45.2 Å². The summed E-state index contributed by atoms with van der Waals surface area (Å²) < 4.78 is 5.26. The van der Waals surface area contributed by atoms with Gasteiger partial charge in [-0.2, -0.15) is 0 Å². The van der Waals surface area contributed by atoms with E-state index in [0.29, 0.717) is 0 Å². The first kappa shape index (κ1) is 16.8. The average molecular weight is 325 g/mol. The van der Waals surface area contributed by atoms with Crippen molar-refractivity contribution >= 4 is 5.69 Å². The summed E-state index contributed by atoms with van der Waals surface area (Å²) in [5.74, 6) is 0.908. The molecule has 0 aliphatic carbocycles. The van der Waals surface area contributed by atoms with E-state index < -0.39 is 0 Å². The van der Waals surface area contributed by atoms with Crippen LogP contribution in [0, 0.1) is 0 Å². The highest BCUT2D eigenvalue weighted by molar-refractivity contribution is 5.48. The minimum atomic E-state index is 0.845. The van der Waals surface area contributed by atoms with E-state index in [1.54, 1.807) is 7.11 Å². The highest BCUT2D eigenvalue weighted by Crippen LogP contribution is 2.17. The zero-order chi connectivity index (χ0) is 16.8. The molecule has 4 heteroatoms. The normalized spacial score (nSPS) is 15.5. The Balaban J connectivity index is 1.49. The molecule has 1 aliphatic heterocycles. The number of likely N-dealkylation sites (N-methyl/N-ethyl adjacent to an activating group) is 1. The van der Waals surface area contributed by atoms with Gasteiger partial charge in [-0.25, -0.2) is 0 Å². The lowest BCUT2D eigenvalue weighted by Gasteiger charge is -2.34. The van der Waals surface area contributed by atoms with E-state index in [1.165, 1.54) is 16.8 Å². The number of rotatable bonds is 6. The van der Waals surface area contributed by atoms with Gasteiger partial charge in [-0.15, -0.1) is 0 Å². The van der Waals surface area contributed by atoms with Crippen LogP contribution < -0.4 is 15.0 Å². The molecule has 2 aromatic rings. The molecule has 0 saturated carbocycles. The molecule has 0 unspecified atom stereocenters. The Morgan fingerprint density at radius 3 is 2.33 bits per heavy atom. The molecule has 24 heavy (non-hydrogen) atoms. The van der Waals surface area contributed by atoms with Crippen molar-refractivity contribution in [1.82, 2.24) is 10.2 Å². The molecule has 128 valence electrons. The molecule has 0 atom stereocenters. The average Bonchev–Trinajstić information content (AvgIpc) is 2.63. The Morgan fingerprint density at radius 1 is 0.917 bits per heavy atom. The number of anilines is 1. The van der Waals surface area contributed by atoms with Crippen LogP contribution in [0.5, 0.6) is 5.75 Å².